The first-order valence-corrected chi connectivity index (χ1v) is 4.04. The van der Waals surface area contributed by atoms with Gasteiger partial charge in [-0.3, -0.25) is 4.98 Å². The van der Waals surface area contributed by atoms with Gasteiger partial charge in [0.2, 0.25) is 0 Å². The van der Waals surface area contributed by atoms with Gasteiger partial charge in [0.15, 0.2) is 0 Å². The molecule has 1 aromatic heterocycles. The molecule has 0 aliphatic carbocycles. The fourth-order valence-electron chi connectivity index (χ4n) is 1.23. The van der Waals surface area contributed by atoms with Crippen molar-refractivity contribution < 1.29 is 22.0 Å². The highest BCUT2D eigenvalue weighted by molar-refractivity contribution is 5.45. The standard InChI is InChI=1S/C9H5F5N2/c1-4-5(2-15)6(8(10)11)3-16-7(4)9(12,13)14/h3,8H,1H3. The molecule has 86 valence electrons. The van der Waals surface area contributed by atoms with Gasteiger partial charge in [0, 0.05) is 6.20 Å². The SMILES string of the molecule is Cc1c(C(F)(F)F)ncc(C(F)F)c1C#N. The van der Waals surface area contributed by atoms with Crippen LogP contribution in [0.5, 0.6) is 0 Å². The molecule has 0 bridgehead atoms. The first kappa shape index (κ1) is 12.4. The molecule has 1 aromatic rings. The lowest BCUT2D eigenvalue weighted by atomic mass is 10.0. The number of hydrogen-bond acceptors (Lipinski definition) is 2. The fraction of sp³-hybridized carbons (Fsp3) is 0.333. The van der Waals surface area contributed by atoms with Crippen molar-refractivity contribution in [1.29, 1.82) is 5.26 Å². The summed E-state index contributed by atoms with van der Waals surface area (Å²) in [6.07, 6.45) is -7.39. The van der Waals surface area contributed by atoms with E-state index in [1.807, 2.05) is 0 Å². The predicted molar refractivity (Wildman–Crippen MR) is 43.6 cm³/mol. The van der Waals surface area contributed by atoms with Gasteiger partial charge in [0.1, 0.15) is 11.8 Å². The van der Waals surface area contributed by atoms with E-state index in [4.69, 9.17) is 5.26 Å². The molecule has 7 heteroatoms. The molecule has 0 aromatic carbocycles. The summed E-state index contributed by atoms with van der Waals surface area (Å²) < 4.78 is 61.7. The van der Waals surface area contributed by atoms with Crippen molar-refractivity contribution in [3.63, 3.8) is 0 Å². The van der Waals surface area contributed by atoms with Gasteiger partial charge in [-0.15, -0.1) is 0 Å². The Morgan fingerprint density at radius 2 is 1.94 bits per heavy atom. The van der Waals surface area contributed by atoms with Crippen LogP contribution >= 0.6 is 0 Å². The third-order valence-corrected chi connectivity index (χ3v) is 1.97. The monoisotopic (exact) mass is 236 g/mol. The Morgan fingerprint density at radius 1 is 1.38 bits per heavy atom. The van der Waals surface area contributed by atoms with Crippen molar-refractivity contribution in [2.24, 2.45) is 0 Å². The molecule has 1 rings (SSSR count). The van der Waals surface area contributed by atoms with Gasteiger partial charge in [0.25, 0.3) is 6.43 Å². The van der Waals surface area contributed by atoms with Crippen LogP contribution in [0.25, 0.3) is 0 Å². The molecule has 0 amide bonds. The molecule has 0 atom stereocenters. The molecule has 0 N–H and O–H groups in total. The first-order valence-electron chi connectivity index (χ1n) is 4.04. The van der Waals surface area contributed by atoms with Crippen LogP contribution in [0, 0.1) is 18.3 Å². The summed E-state index contributed by atoms with van der Waals surface area (Å²) >= 11 is 0. The van der Waals surface area contributed by atoms with Gasteiger partial charge in [-0.1, -0.05) is 0 Å². The van der Waals surface area contributed by atoms with Gasteiger partial charge in [0.05, 0.1) is 11.1 Å². The molecule has 2 nitrogen and oxygen atoms in total. The van der Waals surface area contributed by atoms with Crippen molar-refractivity contribution in [1.82, 2.24) is 4.98 Å². The van der Waals surface area contributed by atoms with Crippen molar-refractivity contribution in [2.75, 3.05) is 0 Å². The molecule has 0 radical (unpaired) electrons. The highest BCUT2D eigenvalue weighted by Gasteiger charge is 2.36. The zero-order valence-corrected chi connectivity index (χ0v) is 7.94. The Labute approximate surface area is 87.3 Å². The van der Waals surface area contributed by atoms with Gasteiger partial charge in [-0.2, -0.15) is 18.4 Å². The van der Waals surface area contributed by atoms with Crippen LogP contribution < -0.4 is 0 Å². The smallest absolute Gasteiger partial charge is 0.251 e. The maximum atomic E-state index is 12.4. The summed E-state index contributed by atoms with van der Waals surface area (Å²) in [7, 11) is 0. The number of nitrogens with zero attached hydrogens (tertiary/aromatic N) is 2. The number of alkyl halides is 5. The van der Waals surface area contributed by atoms with Crippen LogP contribution in [0.15, 0.2) is 6.20 Å². The average molecular weight is 236 g/mol. The maximum absolute atomic E-state index is 12.4. The van der Waals surface area contributed by atoms with E-state index in [0.717, 1.165) is 6.92 Å². The van der Waals surface area contributed by atoms with E-state index >= 15 is 0 Å². The van der Waals surface area contributed by atoms with Crippen molar-refractivity contribution in [3.8, 4) is 6.07 Å². The largest absolute Gasteiger partial charge is 0.433 e. The topological polar surface area (TPSA) is 36.7 Å². The zero-order valence-electron chi connectivity index (χ0n) is 7.94. The quantitative estimate of drug-likeness (QED) is 0.702. The van der Waals surface area contributed by atoms with Gasteiger partial charge >= 0.3 is 6.18 Å². The Balaban J connectivity index is 3.49. The van der Waals surface area contributed by atoms with E-state index in [1.54, 1.807) is 0 Å². The number of nitriles is 1. The van der Waals surface area contributed by atoms with Crippen molar-refractivity contribution >= 4 is 0 Å². The molecule has 0 saturated carbocycles. The summed E-state index contributed by atoms with van der Waals surface area (Å²) in [5.74, 6) is 0. The lowest BCUT2D eigenvalue weighted by Gasteiger charge is -2.12. The average Bonchev–Trinajstić information content (AvgIpc) is 2.14. The van der Waals surface area contributed by atoms with Crippen molar-refractivity contribution in [3.05, 3.63) is 28.6 Å². The summed E-state index contributed by atoms with van der Waals surface area (Å²) in [5, 5.41) is 8.56. The van der Waals surface area contributed by atoms with Crippen LogP contribution in [-0.2, 0) is 6.18 Å². The molecule has 0 fully saturated rings. The van der Waals surface area contributed by atoms with Crippen LogP contribution in [-0.4, -0.2) is 4.98 Å². The summed E-state index contributed by atoms with van der Waals surface area (Å²) in [6.45, 7) is 0.945. The van der Waals surface area contributed by atoms with Gasteiger partial charge < -0.3 is 0 Å². The van der Waals surface area contributed by atoms with Crippen molar-refractivity contribution in [2.45, 2.75) is 19.5 Å². The number of halogens is 5. The molecule has 16 heavy (non-hydrogen) atoms. The molecular weight excluding hydrogens is 231 g/mol. The number of aromatic nitrogens is 1. The third kappa shape index (κ3) is 2.10. The Hall–Kier alpha value is -1.71. The Kier molecular flexibility index (Phi) is 3.12. The Bertz CT molecular complexity index is 444. The maximum Gasteiger partial charge on any atom is 0.433 e. The zero-order chi connectivity index (χ0) is 12.5. The molecule has 0 saturated heterocycles. The van der Waals surface area contributed by atoms with Crippen LogP contribution in [0.2, 0.25) is 0 Å². The number of hydrogen-bond donors (Lipinski definition) is 0. The molecule has 0 aliphatic rings. The Morgan fingerprint density at radius 3 is 2.31 bits per heavy atom. The molecule has 0 aliphatic heterocycles. The van der Waals surface area contributed by atoms with E-state index in [2.05, 4.69) is 4.98 Å². The highest BCUT2D eigenvalue weighted by Crippen LogP contribution is 2.34. The van der Waals surface area contributed by atoms with Crippen LogP contribution in [0.3, 0.4) is 0 Å². The second kappa shape index (κ2) is 4.04. The highest BCUT2D eigenvalue weighted by atomic mass is 19.4. The normalized spacial score (nSPS) is 11.6. The minimum absolute atomic E-state index is 0.388. The third-order valence-electron chi connectivity index (χ3n) is 1.97. The number of pyridine rings is 1. The molecule has 0 unspecified atom stereocenters. The molecular formula is C9H5F5N2. The van der Waals surface area contributed by atoms with E-state index in [0.29, 0.717) is 6.20 Å². The lowest BCUT2D eigenvalue weighted by Crippen LogP contribution is -2.13. The second-order valence-electron chi connectivity index (χ2n) is 2.97. The summed E-state index contributed by atoms with van der Waals surface area (Å²) in [6, 6.07) is 1.34. The fourth-order valence-corrected chi connectivity index (χ4v) is 1.23. The summed E-state index contributed by atoms with van der Waals surface area (Å²) in [5.41, 5.74) is -3.34. The van der Waals surface area contributed by atoms with Crippen LogP contribution in [0.4, 0.5) is 22.0 Å². The minimum atomic E-state index is -4.75. The van der Waals surface area contributed by atoms with Gasteiger partial charge in [-0.25, -0.2) is 8.78 Å². The first-order chi connectivity index (χ1) is 7.29. The number of rotatable bonds is 1. The molecule has 0 spiro atoms. The second-order valence-corrected chi connectivity index (χ2v) is 2.97. The minimum Gasteiger partial charge on any atom is -0.251 e. The molecule has 1 heterocycles. The van der Waals surface area contributed by atoms with Gasteiger partial charge in [-0.05, 0) is 12.5 Å². The van der Waals surface area contributed by atoms with E-state index in [-0.39, 0.29) is 0 Å². The summed E-state index contributed by atoms with van der Waals surface area (Å²) in [4.78, 5) is 2.92. The van der Waals surface area contributed by atoms with E-state index in [1.165, 1.54) is 6.07 Å². The lowest BCUT2D eigenvalue weighted by molar-refractivity contribution is -0.141. The van der Waals surface area contributed by atoms with Crippen LogP contribution in [0.1, 0.15) is 28.8 Å². The van der Waals surface area contributed by atoms with E-state index < -0.39 is 35.0 Å². The predicted octanol–water partition coefficient (Wildman–Crippen LogP) is 3.22. The van der Waals surface area contributed by atoms with E-state index in [9.17, 15) is 22.0 Å².